The van der Waals surface area contributed by atoms with Gasteiger partial charge in [-0.1, -0.05) is 37.3 Å². The smallest absolute Gasteiger partial charge is 0.263 e. The lowest BCUT2D eigenvalue weighted by molar-refractivity contribution is -0.118. The molecule has 0 atom stereocenters. The van der Waals surface area contributed by atoms with Gasteiger partial charge < -0.3 is 5.32 Å². The minimum atomic E-state index is 0.0154. The van der Waals surface area contributed by atoms with Crippen LogP contribution in [0.1, 0.15) is 75.7 Å². The zero-order valence-electron chi connectivity index (χ0n) is 19.4. The predicted molar refractivity (Wildman–Crippen MR) is 135 cm³/mol. The van der Waals surface area contributed by atoms with Crippen LogP contribution < -0.4 is 10.9 Å². The van der Waals surface area contributed by atoms with E-state index in [2.05, 4.69) is 25.2 Å². The van der Waals surface area contributed by atoms with Crippen molar-refractivity contribution in [1.29, 1.82) is 0 Å². The molecule has 2 aliphatic rings. The van der Waals surface area contributed by atoms with Crippen LogP contribution in [-0.2, 0) is 24.2 Å². The Morgan fingerprint density at radius 2 is 2.03 bits per heavy atom. The topological polar surface area (TPSA) is 64.0 Å². The molecule has 0 fully saturated rings. The molecule has 0 spiro atoms. The third-order valence-electron chi connectivity index (χ3n) is 6.46. The standard InChI is InChI=1S/C25H35N3O2S2/c1-17(2)13-15-28-24(30)22-19-10-6-7-11-20(19)32-23(22)27-25(28)31-16-21(29)26-14-12-18-8-4-3-5-9-18/h8,17H,3-7,9-16H2,1-2H3,(H,26,29). The molecule has 2 heterocycles. The van der Waals surface area contributed by atoms with E-state index < -0.39 is 0 Å². The van der Waals surface area contributed by atoms with Crippen molar-refractivity contribution in [1.82, 2.24) is 14.9 Å². The third kappa shape index (κ3) is 5.66. The molecule has 2 aliphatic carbocycles. The van der Waals surface area contributed by atoms with Crippen LogP contribution in [0.5, 0.6) is 0 Å². The van der Waals surface area contributed by atoms with Crippen molar-refractivity contribution in [3.63, 3.8) is 0 Å². The summed E-state index contributed by atoms with van der Waals surface area (Å²) in [5.41, 5.74) is 2.79. The number of carbonyl (C=O) groups excluding carboxylic acids is 1. The fraction of sp³-hybridized carbons (Fsp3) is 0.640. The Balaban J connectivity index is 1.47. The monoisotopic (exact) mass is 473 g/mol. The van der Waals surface area contributed by atoms with E-state index in [9.17, 15) is 9.59 Å². The van der Waals surface area contributed by atoms with E-state index in [1.165, 1.54) is 59.9 Å². The highest BCUT2D eigenvalue weighted by molar-refractivity contribution is 7.99. The number of hydrogen-bond donors (Lipinski definition) is 1. The SMILES string of the molecule is CC(C)CCn1c(SCC(=O)NCCC2=CCCCC2)nc2sc3c(c2c1=O)CCCC3. The molecule has 1 N–H and O–H groups in total. The van der Waals surface area contributed by atoms with E-state index >= 15 is 0 Å². The van der Waals surface area contributed by atoms with Crippen LogP contribution in [0.25, 0.3) is 10.2 Å². The molecule has 5 nitrogen and oxygen atoms in total. The van der Waals surface area contributed by atoms with Gasteiger partial charge in [0.1, 0.15) is 4.83 Å². The summed E-state index contributed by atoms with van der Waals surface area (Å²) >= 11 is 3.08. The molecule has 174 valence electrons. The summed E-state index contributed by atoms with van der Waals surface area (Å²) in [5.74, 6) is 0.815. The second-order valence-electron chi connectivity index (χ2n) is 9.42. The fourth-order valence-electron chi connectivity index (χ4n) is 4.59. The molecule has 0 aliphatic heterocycles. The lowest BCUT2D eigenvalue weighted by atomic mass is 9.97. The zero-order chi connectivity index (χ0) is 22.5. The zero-order valence-corrected chi connectivity index (χ0v) is 21.0. The van der Waals surface area contributed by atoms with Crippen molar-refractivity contribution in [2.24, 2.45) is 5.92 Å². The Morgan fingerprint density at radius 3 is 2.81 bits per heavy atom. The van der Waals surface area contributed by atoms with Gasteiger partial charge in [-0.3, -0.25) is 14.2 Å². The van der Waals surface area contributed by atoms with Gasteiger partial charge in [0, 0.05) is 18.0 Å². The highest BCUT2D eigenvalue weighted by Gasteiger charge is 2.22. The number of amides is 1. The van der Waals surface area contributed by atoms with E-state index in [1.54, 1.807) is 11.3 Å². The molecule has 7 heteroatoms. The van der Waals surface area contributed by atoms with Crippen molar-refractivity contribution in [2.75, 3.05) is 12.3 Å². The van der Waals surface area contributed by atoms with Crippen LogP contribution in [0.15, 0.2) is 21.6 Å². The lowest BCUT2D eigenvalue weighted by Gasteiger charge is -2.15. The third-order valence-corrected chi connectivity index (χ3v) is 8.62. The minimum absolute atomic E-state index is 0.0154. The van der Waals surface area contributed by atoms with Crippen molar-refractivity contribution in [2.45, 2.75) is 89.8 Å². The Kier molecular flexibility index (Phi) is 8.11. The van der Waals surface area contributed by atoms with Gasteiger partial charge in [-0.05, 0) is 75.7 Å². The average molecular weight is 474 g/mol. The molecule has 2 aromatic heterocycles. The van der Waals surface area contributed by atoms with Gasteiger partial charge in [0.2, 0.25) is 5.91 Å². The minimum Gasteiger partial charge on any atom is -0.355 e. The molecule has 0 saturated heterocycles. The van der Waals surface area contributed by atoms with Gasteiger partial charge in [0.25, 0.3) is 5.56 Å². The van der Waals surface area contributed by atoms with Crippen molar-refractivity contribution < 1.29 is 4.79 Å². The maximum atomic E-state index is 13.5. The first kappa shape index (κ1) is 23.6. The van der Waals surface area contributed by atoms with Gasteiger partial charge in [-0.2, -0.15) is 0 Å². The number of hydrogen-bond acceptors (Lipinski definition) is 5. The van der Waals surface area contributed by atoms with E-state index in [4.69, 9.17) is 4.98 Å². The number of aromatic nitrogens is 2. The first-order valence-electron chi connectivity index (χ1n) is 12.2. The Bertz CT molecular complexity index is 1050. The molecule has 32 heavy (non-hydrogen) atoms. The van der Waals surface area contributed by atoms with E-state index in [1.807, 2.05) is 4.57 Å². The second kappa shape index (κ2) is 11.0. The van der Waals surface area contributed by atoms with Crippen LogP contribution in [-0.4, -0.2) is 27.8 Å². The first-order valence-corrected chi connectivity index (χ1v) is 14.0. The van der Waals surface area contributed by atoms with Crippen molar-refractivity contribution in [3.05, 3.63) is 32.4 Å². The van der Waals surface area contributed by atoms with Crippen LogP contribution in [0.3, 0.4) is 0 Å². The summed E-state index contributed by atoms with van der Waals surface area (Å²) in [6.45, 7) is 5.69. The summed E-state index contributed by atoms with van der Waals surface area (Å²) < 4.78 is 1.83. The first-order chi connectivity index (χ1) is 15.5. The van der Waals surface area contributed by atoms with Crippen LogP contribution >= 0.6 is 23.1 Å². The average Bonchev–Trinajstić information content (AvgIpc) is 3.16. The summed E-state index contributed by atoms with van der Waals surface area (Å²) in [5, 5.41) is 4.57. The highest BCUT2D eigenvalue weighted by atomic mass is 32.2. The van der Waals surface area contributed by atoms with E-state index in [0.29, 0.717) is 29.9 Å². The number of allylic oxidation sites excluding steroid dienone is 1. The number of fused-ring (bicyclic) bond motifs is 3. The molecule has 0 saturated carbocycles. The van der Waals surface area contributed by atoms with E-state index in [-0.39, 0.29) is 11.5 Å². The van der Waals surface area contributed by atoms with Gasteiger partial charge in [0.15, 0.2) is 5.16 Å². The lowest BCUT2D eigenvalue weighted by Crippen LogP contribution is -2.28. The van der Waals surface area contributed by atoms with Crippen LogP contribution in [0.2, 0.25) is 0 Å². The van der Waals surface area contributed by atoms with Crippen molar-refractivity contribution >= 4 is 39.2 Å². The number of thioether (sulfide) groups is 1. The van der Waals surface area contributed by atoms with Gasteiger partial charge in [-0.15, -0.1) is 11.3 Å². The second-order valence-corrected chi connectivity index (χ2v) is 11.4. The van der Waals surface area contributed by atoms with Gasteiger partial charge in [0.05, 0.1) is 11.1 Å². The number of nitrogens with one attached hydrogen (secondary N) is 1. The number of nitrogens with zero attached hydrogens (tertiary/aromatic N) is 2. The summed E-state index contributed by atoms with van der Waals surface area (Å²) in [4.78, 5) is 33.1. The van der Waals surface area contributed by atoms with Gasteiger partial charge in [-0.25, -0.2) is 4.98 Å². The molecule has 0 radical (unpaired) electrons. The van der Waals surface area contributed by atoms with E-state index in [0.717, 1.165) is 42.3 Å². The highest BCUT2D eigenvalue weighted by Crippen LogP contribution is 2.34. The Hall–Kier alpha value is -1.60. The maximum Gasteiger partial charge on any atom is 0.263 e. The van der Waals surface area contributed by atoms with Gasteiger partial charge >= 0.3 is 0 Å². The van der Waals surface area contributed by atoms with Crippen LogP contribution in [0.4, 0.5) is 0 Å². The summed E-state index contributed by atoms with van der Waals surface area (Å²) in [7, 11) is 0. The molecule has 1 amide bonds. The molecule has 2 aromatic rings. The number of thiophene rings is 1. The molecular weight excluding hydrogens is 438 g/mol. The fourth-order valence-corrected chi connectivity index (χ4v) is 6.75. The quantitative estimate of drug-likeness (QED) is 0.297. The summed E-state index contributed by atoms with van der Waals surface area (Å²) in [6.07, 6.45) is 13.5. The molecule has 0 bridgehead atoms. The molecule has 0 aromatic carbocycles. The Labute approximate surface area is 199 Å². The number of carbonyl (C=O) groups is 1. The molecular formula is C25H35N3O2S2. The normalized spacial score (nSPS) is 16.3. The predicted octanol–water partition coefficient (Wildman–Crippen LogP) is 5.48. The maximum absolute atomic E-state index is 13.5. The van der Waals surface area contributed by atoms with Crippen molar-refractivity contribution in [3.8, 4) is 0 Å². The number of rotatable bonds is 9. The van der Waals surface area contributed by atoms with Crippen LogP contribution in [0, 0.1) is 5.92 Å². The molecule has 4 rings (SSSR count). The Morgan fingerprint density at radius 1 is 1.22 bits per heavy atom. The molecule has 0 unspecified atom stereocenters. The summed E-state index contributed by atoms with van der Waals surface area (Å²) in [6, 6.07) is 0. The number of aryl methyl sites for hydroxylation is 2. The largest absolute Gasteiger partial charge is 0.355 e.